The Kier molecular flexibility index (Phi) is 5.21. The smallest absolute Gasteiger partial charge is 0.266 e. The van der Waals surface area contributed by atoms with Crippen molar-refractivity contribution in [1.29, 1.82) is 0 Å². The Morgan fingerprint density at radius 1 is 1.19 bits per heavy atom. The zero-order chi connectivity index (χ0) is 22.4. The van der Waals surface area contributed by atoms with E-state index in [1.165, 1.54) is 12.1 Å². The molecule has 1 unspecified atom stereocenters. The number of aromatic nitrogens is 4. The van der Waals surface area contributed by atoms with E-state index in [9.17, 15) is 13.2 Å². The summed E-state index contributed by atoms with van der Waals surface area (Å²) >= 11 is 0. The van der Waals surface area contributed by atoms with Gasteiger partial charge in [0.25, 0.3) is 6.43 Å². The van der Waals surface area contributed by atoms with Gasteiger partial charge in [0.15, 0.2) is 0 Å². The highest BCUT2D eigenvalue weighted by atomic mass is 19.3. The molecule has 3 aliphatic heterocycles. The van der Waals surface area contributed by atoms with Gasteiger partial charge in [-0.1, -0.05) is 18.2 Å². The fraction of sp³-hybridized carbons (Fsp3) is 0.348. The molecular formula is C23H22F3N5O. The van der Waals surface area contributed by atoms with Gasteiger partial charge >= 0.3 is 0 Å². The van der Waals surface area contributed by atoms with Crippen LogP contribution in [0, 0.1) is 12.7 Å². The second kappa shape index (κ2) is 8.05. The zero-order valence-corrected chi connectivity index (χ0v) is 17.6. The summed E-state index contributed by atoms with van der Waals surface area (Å²) in [7, 11) is 0. The molecule has 2 atom stereocenters. The van der Waals surface area contributed by atoms with E-state index in [0.29, 0.717) is 24.9 Å². The number of hydrogen-bond acceptors (Lipinski definition) is 5. The Balaban J connectivity index is 1.62. The van der Waals surface area contributed by atoms with E-state index >= 15 is 0 Å². The van der Waals surface area contributed by atoms with Crippen LogP contribution in [0.3, 0.4) is 0 Å². The molecule has 0 aliphatic carbocycles. The molecule has 6 nitrogen and oxygen atoms in total. The van der Waals surface area contributed by atoms with Gasteiger partial charge in [-0.3, -0.25) is 0 Å². The van der Waals surface area contributed by atoms with Gasteiger partial charge in [0.05, 0.1) is 35.2 Å². The Hall–Kier alpha value is -3.20. The van der Waals surface area contributed by atoms with E-state index in [-0.39, 0.29) is 11.6 Å². The number of fused-ring (bicyclic) bond motifs is 3. The standard InChI is InChI=1S/C23H22F3N5O/c1-12(15-4-3-5-16(19(15)24)21(25)26)28-22-18-10-31(14-7-9-32-11-14)23-17(6-8-27-23)20(18)29-13(2)30-22/h3-6,8,10,12,14,21H,7,9,11H2,1-2H3,(H,28,29,30)/t12-,14?/m1/s1. The largest absolute Gasteiger partial charge is 0.379 e. The molecule has 9 heteroatoms. The molecular weight excluding hydrogens is 419 g/mol. The van der Waals surface area contributed by atoms with Crippen molar-refractivity contribution in [3.05, 3.63) is 59.4 Å². The molecule has 1 N–H and O–H groups in total. The molecule has 1 fully saturated rings. The van der Waals surface area contributed by atoms with Gasteiger partial charge in [-0.15, -0.1) is 0 Å². The molecule has 1 aromatic heterocycles. The van der Waals surface area contributed by atoms with E-state index < -0.39 is 23.8 Å². The summed E-state index contributed by atoms with van der Waals surface area (Å²) in [6, 6.07) is 5.51. The lowest BCUT2D eigenvalue weighted by Gasteiger charge is -2.22. The van der Waals surface area contributed by atoms with Gasteiger partial charge in [-0.25, -0.2) is 28.1 Å². The monoisotopic (exact) mass is 441 g/mol. The minimum absolute atomic E-state index is 0.142. The maximum atomic E-state index is 14.7. The number of nitrogens with zero attached hydrogens (tertiary/aromatic N) is 4. The van der Waals surface area contributed by atoms with Crippen LogP contribution < -0.4 is 5.32 Å². The molecule has 2 aromatic rings. The molecule has 0 saturated carbocycles. The van der Waals surface area contributed by atoms with Crippen LogP contribution >= 0.6 is 0 Å². The number of pyridine rings is 1. The average molecular weight is 441 g/mol. The fourth-order valence-electron chi connectivity index (χ4n) is 4.31. The first-order valence-electron chi connectivity index (χ1n) is 10.5. The number of benzene rings is 1. The molecule has 166 valence electrons. The first kappa shape index (κ1) is 20.7. The van der Waals surface area contributed by atoms with Crippen molar-refractivity contribution in [2.24, 2.45) is 0 Å². The second-order valence-electron chi connectivity index (χ2n) is 8.03. The Labute approximate surface area is 182 Å². The molecule has 1 saturated heterocycles. The highest BCUT2D eigenvalue weighted by Crippen LogP contribution is 2.37. The van der Waals surface area contributed by atoms with Crippen molar-refractivity contribution in [1.82, 2.24) is 19.5 Å². The van der Waals surface area contributed by atoms with E-state index in [1.54, 1.807) is 20.0 Å². The van der Waals surface area contributed by atoms with Crippen molar-refractivity contribution in [3.8, 4) is 11.4 Å². The maximum Gasteiger partial charge on any atom is 0.266 e. The van der Waals surface area contributed by atoms with Crippen molar-refractivity contribution in [2.75, 3.05) is 18.5 Å². The van der Waals surface area contributed by atoms with E-state index in [0.717, 1.165) is 34.8 Å². The number of anilines is 1. The number of hydrogen-bond donors (Lipinski definition) is 1. The van der Waals surface area contributed by atoms with Crippen molar-refractivity contribution in [3.63, 3.8) is 0 Å². The zero-order valence-electron chi connectivity index (χ0n) is 17.6. The minimum Gasteiger partial charge on any atom is -0.379 e. The molecule has 32 heavy (non-hydrogen) atoms. The number of alkyl halides is 2. The van der Waals surface area contributed by atoms with Crippen LogP contribution in [-0.2, 0) is 4.74 Å². The summed E-state index contributed by atoms with van der Waals surface area (Å²) in [6.45, 7) is 4.78. The summed E-state index contributed by atoms with van der Waals surface area (Å²) in [5.41, 5.74) is 1.17. The number of ether oxygens (including phenoxy) is 1. The van der Waals surface area contributed by atoms with Gasteiger partial charge in [-0.05, 0) is 26.3 Å². The quantitative estimate of drug-likeness (QED) is 0.446. The first-order chi connectivity index (χ1) is 15.4. The van der Waals surface area contributed by atoms with Gasteiger partial charge < -0.3 is 14.6 Å². The lowest BCUT2D eigenvalue weighted by Crippen LogP contribution is -2.15. The maximum absolute atomic E-state index is 14.7. The van der Waals surface area contributed by atoms with Crippen molar-refractivity contribution < 1.29 is 17.9 Å². The predicted octanol–water partition coefficient (Wildman–Crippen LogP) is 5.45. The topological polar surface area (TPSA) is 64.9 Å². The highest BCUT2D eigenvalue weighted by Gasteiger charge is 2.26. The summed E-state index contributed by atoms with van der Waals surface area (Å²) in [5, 5.41) is 3.97. The predicted molar refractivity (Wildman–Crippen MR) is 115 cm³/mol. The van der Waals surface area contributed by atoms with E-state index in [4.69, 9.17) is 4.74 Å². The molecule has 0 bridgehead atoms. The third kappa shape index (κ3) is 3.46. The second-order valence-corrected chi connectivity index (χ2v) is 8.03. The van der Waals surface area contributed by atoms with Crippen molar-refractivity contribution in [2.45, 2.75) is 38.8 Å². The van der Waals surface area contributed by atoms with Gasteiger partial charge in [0.2, 0.25) is 0 Å². The van der Waals surface area contributed by atoms with Crippen molar-refractivity contribution >= 4 is 16.7 Å². The van der Waals surface area contributed by atoms with E-state index in [2.05, 4.69) is 24.8 Å². The Bertz CT molecular complexity index is 1250. The van der Waals surface area contributed by atoms with Crippen LogP contribution in [0.2, 0.25) is 0 Å². The summed E-state index contributed by atoms with van der Waals surface area (Å²) < 4.78 is 48.7. The Morgan fingerprint density at radius 3 is 2.75 bits per heavy atom. The van der Waals surface area contributed by atoms with Gasteiger partial charge in [-0.2, -0.15) is 0 Å². The fourth-order valence-corrected chi connectivity index (χ4v) is 4.31. The molecule has 0 amide bonds. The van der Waals surface area contributed by atoms with E-state index in [1.807, 2.05) is 12.3 Å². The number of rotatable bonds is 5. The summed E-state index contributed by atoms with van der Waals surface area (Å²) in [4.78, 5) is 13.7. The van der Waals surface area contributed by atoms with Crippen LogP contribution in [-0.4, -0.2) is 32.7 Å². The van der Waals surface area contributed by atoms with Gasteiger partial charge in [0.1, 0.15) is 23.3 Å². The third-order valence-electron chi connectivity index (χ3n) is 5.92. The van der Waals surface area contributed by atoms with Crippen LogP contribution in [0.15, 0.2) is 36.7 Å². The molecule has 4 heterocycles. The van der Waals surface area contributed by atoms with Crippen LogP contribution in [0.25, 0.3) is 22.3 Å². The number of halogens is 3. The number of aryl methyl sites for hydroxylation is 1. The number of nitrogens with one attached hydrogen (secondary N) is 1. The van der Waals surface area contributed by atoms with Crippen LogP contribution in [0.5, 0.6) is 0 Å². The van der Waals surface area contributed by atoms with Gasteiger partial charge in [0, 0.05) is 30.1 Å². The summed E-state index contributed by atoms with van der Waals surface area (Å²) in [5.74, 6) is 0.968. The Morgan fingerprint density at radius 2 is 2.00 bits per heavy atom. The summed E-state index contributed by atoms with van der Waals surface area (Å²) in [6.07, 6.45) is 1.68. The lowest BCUT2D eigenvalue weighted by molar-refractivity contribution is 0.146. The normalized spacial score (nSPS) is 17.5. The molecule has 0 radical (unpaired) electrons. The average Bonchev–Trinajstić information content (AvgIpc) is 3.45. The molecule has 5 rings (SSSR count). The molecule has 3 aliphatic rings. The van der Waals surface area contributed by atoms with Crippen LogP contribution in [0.4, 0.5) is 19.0 Å². The SMILES string of the molecule is Cc1nc(N[C@H](C)c2cccc(C(F)F)c2F)c2cn(C3CCOC3)c3nccc-3c2n1. The minimum atomic E-state index is -2.88. The highest BCUT2D eigenvalue weighted by molar-refractivity contribution is 5.98. The molecule has 1 aromatic carbocycles. The third-order valence-corrected chi connectivity index (χ3v) is 5.92. The lowest BCUT2D eigenvalue weighted by atomic mass is 10.0. The van der Waals surface area contributed by atoms with Crippen LogP contribution in [0.1, 0.15) is 48.8 Å². The first-order valence-corrected chi connectivity index (χ1v) is 10.5. The molecule has 0 spiro atoms.